The molecular weight excluding hydrogens is 190 g/mol. The predicted molar refractivity (Wildman–Crippen MR) is 63.4 cm³/mol. The second-order valence-electron chi connectivity index (χ2n) is 3.64. The monoisotopic (exact) mass is 209 g/mol. The molecule has 0 spiro atoms. The second-order valence-corrected chi connectivity index (χ2v) is 3.64. The smallest absolute Gasteiger partial charge is 0.131 e. The largest absolute Gasteiger partial charge is 0.395 e. The molecule has 0 aliphatic rings. The molecule has 1 aromatic rings. The minimum atomic E-state index is 0.143. The number of hydrogen-bond acceptors (Lipinski definition) is 4. The Balaban J connectivity index is 2.89. The summed E-state index contributed by atoms with van der Waals surface area (Å²) in [6, 6.07) is 6.16. The van der Waals surface area contributed by atoms with E-state index in [0.29, 0.717) is 12.6 Å². The van der Waals surface area contributed by atoms with E-state index in [2.05, 4.69) is 29.0 Å². The average molecular weight is 209 g/mol. The maximum atomic E-state index is 8.99. The highest BCUT2D eigenvalue weighted by Crippen LogP contribution is 2.16. The first kappa shape index (κ1) is 11.8. The van der Waals surface area contributed by atoms with Gasteiger partial charge < -0.3 is 15.3 Å². The Hall–Kier alpha value is -1.29. The van der Waals surface area contributed by atoms with Gasteiger partial charge in [-0.25, -0.2) is 4.98 Å². The molecule has 0 saturated carbocycles. The molecule has 1 rings (SSSR count). The first-order valence-corrected chi connectivity index (χ1v) is 5.21. The van der Waals surface area contributed by atoms with Crippen LogP contribution in [0.1, 0.15) is 13.8 Å². The van der Waals surface area contributed by atoms with Crippen LogP contribution in [0.25, 0.3) is 0 Å². The molecule has 4 heteroatoms. The number of anilines is 2. The van der Waals surface area contributed by atoms with Crippen molar-refractivity contribution in [2.75, 3.05) is 30.4 Å². The van der Waals surface area contributed by atoms with Gasteiger partial charge in [0.05, 0.1) is 6.61 Å². The van der Waals surface area contributed by atoms with Gasteiger partial charge >= 0.3 is 0 Å². The Bertz CT molecular complexity index is 302. The van der Waals surface area contributed by atoms with Gasteiger partial charge in [-0.1, -0.05) is 6.07 Å². The molecule has 0 aromatic carbocycles. The Morgan fingerprint density at radius 2 is 2.20 bits per heavy atom. The summed E-state index contributed by atoms with van der Waals surface area (Å²) in [4.78, 5) is 6.51. The van der Waals surface area contributed by atoms with Crippen molar-refractivity contribution in [3.8, 4) is 0 Å². The molecule has 15 heavy (non-hydrogen) atoms. The van der Waals surface area contributed by atoms with E-state index < -0.39 is 0 Å². The minimum absolute atomic E-state index is 0.143. The molecule has 0 aliphatic heterocycles. The van der Waals surface area contributed by atoms with Crippen LogP contribution in [-0.2, 0) is 0 Å². The number of aliphatic hydroxyl groups is 1. The summed E-state index contributed by atoms with van der Waals surface area (Å²) in [5, 5.41) is 12.0. The molecule has 1 aromatic heterocycles. The van der Waals surface area contributed by atoms with Crippen molar-refractivity contribution in [3.63, 3.8) is 0 Å². The van der Waals surface area contributed by atoms with Gasteiger partial charge in [-0.3, -0.25) is 0 Å². The summed E-state index contributed by atoms with van der Waals surface area (Å²) in [7, 11) is 1.85. The van der Waals surface area contributed by atoms with Crippen LogP contribution in [0.3, 0.4) is 0 Å². The molecule has 4 nitrogen and oxygen atoms in total. The molecule has 0 atom stereocenters. The third-order valence-electron chi connectivity index (χ3n) is 2.25. The molecule has 1 heterocycles. The van der Waals surface area contributed by atoms with Gasteiger partial charge in [0.15, 0.2) is 0 Å². The van der Waals surface area contributed by atoms with E-state index >= 15 is 0 Å². The maximum Gasteiger partial charge on any atom is 0.131 e. The Morgan fingerprint density at radius 3 is 2.73 bits per heavy atom. The van der Waals surface area contributed by atoms with Crippen molar-refractivity contribution < 1.29 is 5.11 Å². The number of aliphatic hydroxyl groups excluding tert-OH is 1. The summed E-state index contributed by atoms with van der Waals surface area (Å²) < 4.78 is 0. The van der Waals surface area contributed by atoms with Gasteiger partial charge in [-0.15, -0.1) is 0 Å². The van der Waals surface area contributed by atoms with Crippen molar-refractivity contribution in [2.45, 2.75) is 19.9 Å². The zero-order valence-electron chi connectivity index (χ0n) is 9.57. The summed E-state index contributed by atoms with van der Waals surface area (Å²) in [6.45, 7) is 4.92. The van der Waals surface area contributed by atoms with Crippen LogP contribution in [0.5, 0.6) is 0 Å². The maximum absolute atomic E-state index is 8.99. The van der Waals surface area contributed by atoms with E-state index in [4.69, 9.17) is 5.11 Å². The van der Waals surface area contributed by atoms with Gasteiger partial charge in [0.25, 0.3) is 0 Å². The SMILES string of the molecule is CNc1cccc(N(CCO)C(C)C)n1. The first-order valence-electron chi connectivity index (χ1n) is 5.21. The van der Waals surface area contributed by atoms with Crippen LogP contribution in [0.2, 0.25) is 0 Å². The van der Waals surface area contributed by atoms with Gasteiger partial charge in [0.1, 0.15) is 11.6 Å². The zero-order valence-corrected chi connectivity index (χ0v) is 9.57. The number of pyridine rings is 1. The highest BCUT2D eigenvalue weighted by atomic mass is 16.3. The summed E-state index contributed by atoms with van der Waals surface area (Å²) in [6.07, 6.45) is 0. The summed E-state index contributed by atoms with van der Waals surface area (Å²) in [5.74, 6) is 1.74. The van der Waals surface area contributed by atoms with E-state index in [1.165, 1.54) is 0 Å². The number of nitrogens with zero attached hydrogens (tertiary/aromatic N) is 2. The van der Waals surface area contributed by atoms with Crippen molar-refractivity contribution in [1.82, 2.24) is 4.98 Å². The van der Waals surface area contributed by atoms with Gasteiger partial charge in [0.2, 0.25) is 0 Å². The van der Waals surface area contributed by atoms with Crippen LogP contribution < -0.4 is 10.2 Å². The van der Waals surface area contributed by atoms with Crippen molar-refractivity contribution in [2.24, 2.45) is 0 Å². The quantitative estimate of drug-likeness (QED) is 0.768. The molecule has 0 fully saturated rings. The van der Waals surface area contributed by atoms with Gasteiger partial charge in [-0.2, -0.15) is 0 Å². The fourth-order valence-electron chi connectivity index (χ4n) is 1.47. The van der Waals surface area contributed by atoms with Crippen LogP contribution in [0.4, 0.5) is 11.6 Å². The second kappa shape index (κ2) is 5.56. The van der Waals surface area contributed by atoms with Crippen LogP contribution >= 0.6 is 0 Å². The van der Waals surface area contributed by atoms with E-state index in [0.717, 1.165) is 11.6 Å². The normalized spacial score (nSPS) is 10.5. The number of nitrogens with one attached hydrogen (secondary N) is 1. The predicted octanol–water partition coefficient (Wildman–Crippen LogP) is 1.33. The molecule has 0 aliphatic carbocycles. The molecule has 0 saturated heterocycles. The van der Waals surface area contributed by atoms with E-state index in [1.54, 1.807) is 0 Å². The summed E-state index contributed by atoms with van der Waals surface area (Å²) >= 11 is 0. The zero-order chi connectivity index (χ0) is 11.3. The standard InChI is InChI=1S/C11H19N3O/c1-9(2)14(7-8-15)11-6-4-5-10(12-3)13-11/h4-6,9,15H,7-8H2,1-3H3,(H,12,13). The summed E-state index contributed by atoms with van der Waals surface area (Å²) in [5.41, 5.74) is 0. The van der Waals surface area contributed by atoms with Crippen molar-refractivity contribution in [1.29, 1.82) is 0 Å². The van der Waals surface area contributed by atoms with Gasteiger partial charge in [-0.05, 0) is 26.0 Å². The molecular formula is C11H19N3O. The Morgan fingerprint density at radius 1 is 1.47 bits per heavy atom. The molecule has 2 N–H and O–H groups in total. The lowest BCUT2D eigenvalue weighted by molar-refractivity contribution is 0.298. The van der Waals surface area contributed by atoms with Crippen molar-refractivity contribution >= 4 is 11.6 Å². The number of hydrogen-bond donors (Lipinski definition) is 2. The molecule has 0 amide bonds. The van der Waals surface area contributed by atoms with E-state index in [9.17, 15) is 0 Å². The average Bonchev–Trinajstić information content (AvgIpc) is 2.25. The van der Waals surface area contributed by atoms with Crippen LogP contribution in [-0.4, -0.2) is 36.3 Å². The first-order chi connectivity index (χ1) is 7.19. The van der Waals surface area contributed by atoms with E-state index in [-0.39, 0.29) is 6.61 Å². The third kappa shape index (κ3) is 3.09. The van der Waals surface area contributed by atoms with Crippen LogP contribution in [0.15, 0.2) is 18.2 Å². The van der Waals surface area contributed by atoms with Gasteiger partial charge in [0, 0.05) is 19.6 Å². The molecule has 0 unspecified atom stereocenters. The topological polar surface area (TPSA) is 48.4 Å². The lowest BCUT2D eigenvalue weighted by Gasteiger charge is -2.27. The van der Waals surface area contributed by atoms with Crippen molar-refractivity contribution in [3.05, 3.63) is 18.2 Å². The fourth-order valence-corrected chi connectivity index (χ4v) is 1.47. The molecule has 0 bridgehead atoms. The van der Waals surface area contributed by atoms with E-state index in [1.807, 2.05) is 25.2 Å². The fraction of sp³-hybridized carbons (Fsp3) is 0.545. The molecule has 84 valence electrons. The number of rotatable bonds is 5. The Kier molecular flexibility index (Phi) is 4.37. The lowest BCUT2D eigenvalue weighted by Crippen LogP contribution is -2.34. The lowest BCUT2D eigenvalue weighted by atomic mass is 10.3. The third-order valence-corrected chi connectivity index (χ3v) is 2.25. The molecule has 0 radical (unpaired) electrons. The highest BCUT2D eigenvalue weighted by Gasteiger charge is 2.10. The van der Waals surface area contributed by atoms with Crippen LogP contribution in [0, 0.1) is 0 Å². The number of aromatic nitrogens is 1. The minimum Gasteiger partial charge on any atom is -0.395 e. The Labute approximate surface area is 90.9 Å². The highest BCUT2D eigenvalue weighted by molar-refractivity contribution is 5.47.